The topological polar surface area (TPSA) is 65.7 Å². The van der Waals surface area contributed by atoms with Gasteiger partial charge < -0.3 is 0 Å². The molecule has 2 aromatic heterocycles. The standard InChI is InChI=1S/C23H21N5/c24-12-16-3-1-4-18(11-16)21-6-2-5-20(26-21)15-28-10-9-22-19(14-28)13-25-23(27-22)17-7-8-17/h1-6,11,13,17H,7-10,14-15H2. The van der Waals surface area contributed by atoms with Gasteiger partial charge in [0.05, 0.1) is 23.0 Å². The van der Waals surface area contributed by atoms with Crippen LogP contribution < -0.4 is 0 Å². The van der Waals surface area contributed by atoms with Gasteiger partial charge in [-0.1, -0.05) is 18.2 Å². The lowest BCUT2D eigenvalue weighted by atomic mass is 10.1. The Morgan fingerprint density at radius 1 is 1.11 bits per heavy atom. The van der Waals surface area contributed by atoms with Gasteiger partial charge in [0.1, 0.15) is 5.82 Å². The van der Waals surface area contributed by atoms with Crippen molar-refractivity contribution in [1.29, 1.82) is 5.26 Å². The van der Waals surface area contributed by atoms with Crippen LogP contribution in [0, 0.1) is 11.3 Å². The Bertz CT molecular complexity index is 1060. The van der Waals surface area contributed by atoms with Gasteiger partial charge in [-0.15, -0.1) is 0 Å². The van der Waals surface area contributed by atoms with Gasteiger partial charge in [-0.3, -0.25) is 9.88 Å². The molecule has 5 heteroatoms. The van der Waals surface area contributed by atoms with E-state index in [2.05, 4.69) is 22.0 Å². The molecule has 138 valence electrons. The summed E-state index contributed by atoms with van der Waals surface area (Å²) in [7, 11) is 0. The van der Waals surface area contributed by atoms with E-state index in [1.807, 2.05) is 42.6 Å². The zero-order valence-electron chi connectivity index (χ0n) is 15.7. The largest absolute Gasteiger partial charge is 0.293 e. The van der Waals surface area contributed by atoms with Gasteiger partial charge in [-0.25, -0.2) is 9.97 Å². The molecule has 0 radical (unpaired) electrons. The predicted molar refractivity (Wildman–Crippen MR) is 106 cm³/mol. The second-order valence-corrected chi connectivity index (χ2v) is 7.64. The van der Waals surface area contributed by atoms with E-state index in [4.69, 9.17) is 15.2 Å². The summed E-state index contributed by atoms with van der Waals surface area (Å²) in [6, 6.07) is 15.9. The first-order valence-electron chi connectivity index (χ1n) is 9.82. The quantitative estimate of drug-likeness (QED) is 0.701. The maximum Gasteiger partial charge on any atom is 0.131 e. The van der Waals surface area contributed by atoms with Crippen LogP contribution in [-0.4, -0.2) is 26.4 Å². The molecule has 0 amide bonds. The average Bonchev–Trinajstić information content (AvgIpc) is 3.59. The Balaban J connectivity index is 1.32. The predicted octanol–water partition coefficient (Wildman–Crippen LogP) is 3.85. The van der Waals surface area contributed by atoms with E-state index in [1.165, 1.54) is 24.1 Å². The molecule has 0 bridgehead atoms. The molecular weight excluding hydrogens is 346 g/mol. The van der Waals surface area contributed by atoms with Crippen molar-refractivity contribution in [3.05, 3.63) is 77.0 Å². The van der Waals surface area contributed by atoms with Gasteiger partial charge in [-0.05, 0) is 37.1 Å². The summed E-state index contributed by atoms with van der Waals surface area (Å²) in [6.07, 6.45) is 5.48. The van der Waals surface area contributed by atoms with Crippen molar-refractivity contribution in [1.82, 2.24) is 19.9 Å². The number of nitrogens with zero attached hydrogens (tertiary/aromatic N) is 5. The fourth-order valence-electron chi connectivity index (χ4n) is 3.77. The molecular formula is C23H21N5. The van der Waals surface area contributed by atoms with Crippen LogP contribution in [0.25, 0.3) is 11.3 Å². The first kappa shape index (κ1) is 17.0. The SMILES string of the molecule is N#Cc1cccc(-c2cccc(CN3CCc4nc(C5CC5)ncc4C3)n2)c1. The van der Waals surface area contributed by atoms with E-state index < -0.39 is 0 Å². The number of pyridine rings is 1. The maximum atomic E-state index is 9.12. The number of aromatic nitrogens is 3. The molecule has 1 saturated carbocycles. The fraction of sp³-hybridized carbons (Fsp3) is 0.304. The van der Waals surface area contributed by atoms with E-state index in [0.29, 0.717) is 11.5 Å². The summed E-state index contributed by atoms with van der Waals surface area (Å²) >= 11 is 0. The number of benzene rings is 1. The Morgan fingerprint density at radius 3 is 2.86 bits per heavy atom. The van der Waals surface area contributed by atoms with Crippen molar-refractivity contribution in [2.45, 2.75) is 38.3 Å². The zero-order chi connectivity index (χ0) is 18.9. The molecule has 28 heavy (non-hydrogen) atoms. The average molecular weight is 367 g/mol. The van der Waals surface area contributed by atoms with Gasteiger partial charge >= 0.3 is 0 Å². The van der Waals surface area contributed by atoms with Crippen molar-refractivity contribution in [2.24, 2.45) is 0 Å². The lowest BCUT2D eigenvalue weighted by molar-refractivity contribution is 0.240. The molecule has 2 aliphatic rings. The Labute approximate surface area is 164 Å². The Morgan fingerprint density at radius 2 is 2.00 bits per heavy atom. The summed E-state index contributed by atoms with van der Waals surface area (Å²) in [5.41, 5.74) is 6.05. The highest BCUT2D eigenvalue weighted by molar-refractivity contribution is 5.61. The molecule has 5 rings (SSSR count). The summed E-state index contributed by atoms with van der Waals surface area (Å²) < 4.78 is 0. The second-order valence-electron chi connectivity index (χ2n) is 7.64. The zero-order valence-corrected chi connectivity index (χ0v) is 15.7. The van der Waals surface area contributed by atoms with E-state index >= 15 is 0 Å². The smallest absolute Gasteiger partial charge is 0.131 e. The minimum atomic E-state index is 0.606. The van der Waals surface area contributed by atoms with Crippen molar-refractivity contribution in [2.75, 3.05) is 6.54 Å². The number of nitriles is 1. The molecule has 1 aliphatic heterocycles. The van der Waals surface area contributed by atoms with Crippen LogP contribution >= 0.6 is 0 Å². The first-order valence-corrected chi connectivity index (χ1v) is 9.82. The van der Waals surface area contributed by atoms with Crippen LogP contribution in [0.1, 0.15) is 47.1 Å². The van der Waals surface area contributed by atoms with Gasteiger partial charge in [0, 0.05) is 55.0 Å². The number of hydrogen-bond donors (Lipinski definition) is 0. The Kier molecular flexibility index (Phi) is 4.34. The Hall–Kier alpha value is -3.10. The molecule has 0 atom stereocenters. The highest BCUT2D eigenvalue weighted by Gasteiger charge is 2.28. The van der Waals surface area contributed by atoms with E-state index in [9.17, 15) is 0 Å². The molecule has 0 N–H and O–H groups in total. The van der Waals surface area contributed by atoms with Gasteiger partial charge in [0.15, 0.2) is 0 Å². The molecule has 0 saturated heterocycles. The monoisotopic (exact) mass is 367 g/mol. The molecule has 0 spiro atoms. The van der Waals surface area contributed by atoms with Gasteiger partial charge in [0.25, 0.3) is 0 Å². The number of hydrogen-bond acceptors (Lipinski definition) is 5. The normalized spacial score (nSPS) is 16.4. The summed E-state index contributed by atoms with van der Waals surface area (Å²) in [5, 5.41) is 9.12. The third-order valence-electron chi connectivity index (χ3n) is 5.45. The molecule has 1 aromatic carbocycles. The lowest BCUT2D eigenvalue weighted by Crippen LogP contribution is -2.31. The molecule has 3 heterocycles. The number of rotatable bonds is 4. The molecule has 3 aromatic rings. The van der Waals surface area contributed by atoms with Crippen LogP contribution in [0.3, 0.4) is 0 Å². The van der Waals surface area contributed by atoms with E-state index in [-0.39, 0.29) is 0 Å². The molecule has 0 unspecified atom stereocenters. The highest BCUT2D eigenvalue weighted by atomic mass is 15.1. The van der Waals surface area contributed by atoms with E-state index in [0.717, 1.165) is 48.8 Å². The van der Waals surface area contributed by atoms with Crippen molar-refractivity contribution < 1.29 is 0 Å². The van der Waals surface area contributed by atoms with Gasteiger partial charge in [0.2, 0.25) is 0 Å². The minimum absolute atomic E-state index is 0.606. The lowest BCUT2D eigenvalue weighted by Gasteiger charge is -2.27. The third-order valence-corrected chi connectivity index (χ3v) is 5.45. The minimum Gasteiger partial charge on any atom is -0.293 e. The summed E-state index contributed by atoms with van der Waals surface area (Å²) in [4.78, 5) is 16.6. The van der Waals surface area contributed by atoms with E-state index in [1.54, 1.807) is 0 Å². The van der Waals surface area contributed by atoms with Crippen molar-refractivity contribution in [3.63, 3.8) is 0 Å². The fourth-order valence-corrected chi connectivity index (χ4v) is 3.77. The first-order chi connectivity index (χ1) is 13.8. The molecule has 1 fully saturated rings. The summed E-state index contributed by atoms with van der Waals surface area (Å²) in [5.74, 6) is 1.65. The van der Waals surface area contributed by atoms with Gasteiger partial charge in [-0.2, -0.15) is 5.26 Å². The van der Waals surface area contributed by atoms with Crippen LogP contribution in [0.5, 0.6) is 0 Å². The second kappa shape index (κ2) is 7.14. The highest BCUT2D eigenvalue weighted by Crippen LogP contribution is 2.38. The van der Waals surface area contributed by atoms with Crippen molar-refractivity contribution in [3.8, 4) is 17.3 Å². The number of fused-ring (bicyclic) bond motifs is 1. The van der Waals surface area contributed by atoms with Crippen LogP contribution in [0.4, 0.5) is 0 Å². The van der Waals surface area contributed by atoms with Crippen LogP contribution in [-0.2, 0) is 19.5 Å². The summed E-state index contributed by atoms with van der Waals surface area (Å²) in [6.45, 7) is 2.66. The maximum absolute atomic E-state index is 9.12. The molecule has 5 nitrogen and oxygen atoms in total. The third kappa shape index (κ3) is 3.51. The van der Waals surface area contributed by atoms with Crippen LogP contribution in [0.2, 0.25) is 0 Å². The molecule has 1 aliphatic carbocycles. The van der Waals surface area contributed by atoms with Crippen LogP contribution in [0.15, 0.2) is 48.7 Å². The van der Waals surface area contributed by atoms with Crippen molar-refractivity contribution >= 4 is 0 Å².